The molecule has 1 aromatic heterocycles. The summed E-state index contributed by atoms with van der Waals surface area (Å²) in [6.07, 6.45) is 1.93. The van der Waals surface area contributed by atoms with Crippen LogP contribution in [-0.4, -0.2) is 27.5 Å². The minimum absolute atomic E-state index is 0.306. The van der Waals surface area contributed by atoms with Crippen LogP contribution in [0.15, 0.2) is 31.8 Å². The third-order valence-electron chi connectivity index (χ3n) is 2.13. The van der Waals surface area contributed by atoms with Gasteiger partial charge in [-0.2, -0.15) is 0 Å². The zero-order valence-electron chi connectivity index (χ0n) is 9.71. The van der Waals surface area contributed by atoms with Crippen molar-refractivity contribution in [2.24, 2.45) is 0 Å². The lowest BCUT2D eigenvalue weighted by Gasteiger charge is -2.04. The van der Waals surface area contributed by atoms with E-state index in [-0.39, 0.29) is 0 Å². The molecule has 18 heavy (non-hydrogen) atoms. The smallest absolute Gasteiger partial charge is 0.336 e. The Bertz CT molecular complexity index is 583. The van der Waals surface area contributed by atoms with Crippen molar-refractivity contribution in [2.75, 3.05) is 6.26 Å². The molecule has 0 saturated carbocycles. The number of benzene rings is 1. The van der Waals surface area contributed by atoms with Gasteiger partial charge in [-0.15, -0.1) is 10.2 Å². The van der Waals surface area contributed by atoms with E-state index in [4.69, 9.17) is 5.11 Å². The minimum atomic E-state index is -0.921. The highest BCUT2D eigenvalue weighted by Crippen LogP contribution is 2.34. The zero-order valence-corrected chi connectivity index (χ0v) is 12.2. The van der Waals surface area contributed by atoms with Crippen molar-refractivity contribution < 1.29 is 9.90 Å². The molecule has 0 spiro atoms. The lowest BCUT2D eigenvalue weighted by Crippen LogP contribution is -1.99. The molecule has 1 N–H and O–H groups in total. The number of aromatic carboxylic acids is 1. The molecule has 0 aliphatic carbocycles. The van der Waals surface area contributed by atoms with Gasteiger partial charge in [-0.1, -0.05) is 46.5 Å². The topological polar surface area (TPSA) is 63.1 Å². The predicted molar refractivity (Wildman–Crippen MR) is 74.0 cm³/mol. The lowest BCUT2D eigenvalue weighted by atomic mass is 10.1. The van der Waals surface area contributed by atoms with Crippen molar-refractivity contribution in [3.8, 4) is 0 Å². The van der Waals surface area contributed by atoms with Crippen LogP contribution >= 0.6 is 34.9 Å². The van der Waals surface area contributed by atoms with Crippen LogP contribution in [-0.2, 0) is 0 Å². The number of hydrogen-bond acceptors (Lipinski definition) is 6. The van der Waals surface area contributed by atoms with E-state index in [1.54, 1.807) is 6.07 Å². The van der Waals surface area contributed by atoms with Gasteiger partial charge < -0.3 is 5.11 Å². The van der Waals surface area contributed by atoms with Gasteiger partial charge >= 0.3 is 5.97 Å². The van der Waals surface area contributed by atoms with Crippen LogP contribution in [0.25, 0.3) is 0 Å². The molecule has 0 aliphatic heterocycles. The molecule has 4 nitrogen and oxygen atoms in total. The number of carbonyl (C=O) groups is 1. The molecule has 0 fully saturated rings. The summed E-state index contributed by atoms with van der Waals surface area (Å²) in [5.74, 6) is -0.921. The maximum Gasteiger partial charge on any atom is 0.336 e. The van der Waals surface area contributed by atoms with Crippen molar-refractivity contribution in [1.29, 1.82) is 0 Å². The quantitative estimate of drug-likeness (QED) is 0.873. The number of thioether (sulfide) groups is 1. The van der Waals surface area contributed by atoms with Gasteiger partial charge in [0.15, 0.2) is 8.68 Å². The minimum Gasteiger partial charge on any atom is -0.478 e. The average Bonchev–Trinajstić information content (AvgIpc) is 2.79. The molecule has 0 bridgehead atoms. The Labute approximate surface area is 117 Å². The largest absolute Gasteiger partial charge is 0.478 e. The van der Waals surface area contributed by atoms with E-state index < -0.39 is 5.97 Å². The van der Waals surface area contributed by atoms with E-state index in [0.717, 1.165) is 14.2 Å². The molecule has 2 aromatic rings. The van der Waals surface area contributed by atoms with Gasteiger partial charge in [0, 0.05) is 4.90 Å². The molecular formula is C11H10N2O2S3. The lowest BCUT2D eigenvalue weighted by molar-refractivity contribution is 0.0693. The van der Waals surface area contributed by atoms with E-state index in [0.29, 0.717) is 10.5 Å². The van der Waals surface area contributed by atoms with Crippen molar-refractivity contribution in [3.63, 3.8) is 0 Å². The second-order valence-corrected chi connectivity index (χ2v) is 6.76. The first kappa shape index (κ1) is 13.4. The van der Waals surface area contributed by atoms with Gasteiger partial charge in [0.05, 0.1) is 5.56 Å². The molecule has 2 rings (SSSR count). The summed E-state index contributed by atoms with van der Waals surface area (Å²) < 4.78 is 1.63. The highest BCUT2D eigenvalue weighted by Gasteiger charge is 2.13. The standard InChI is InChI=1S/C11H10N2O2S3/c1-6-3-4-8(7(5-6)9(14)15)17-11-13-12-10(16-2)18-11/h3-5H,1-2H3,(H,14,15). The Morgan fingerprint density at radius 2 is 2.06 bits per heavy atom. The van der Waals surface area contributed by atoms with Crippen molar-refractivity contribution in [3.05, 3.63) is 29.3 Å². The van der Waals surface area contributed by atoms with Gasteiger partial charge in [0.2, 0.25) is 0 Å². The van der Waals surface area contributed by atoms with Crippen LogP contribution in [0.4, 0.5) is 0 Å². The summed E-state index contributed by atoms with van der Waals surface area (Å²) in [6, 6.07) is 5.37. The predicted octanol–water partition coefficient (Wildman–Crippen LogP) is 3.42. The number of nitrogens with zero attached hydrogens (tertiary/aromatic N) is 2. The molecule has 0 radical (unpaired) electrons. The van der Waals surface area contributed by atoms with E-state index >= 15 is 0 Å². The van der Waals surface area contributed by atoms with Crippen LogP contribution in [0, 0.1) is 6.92 Å². The van der Waals surface area contributed by atoms with Crippen molar-refractivity contribution >= 4 is 40.8 Å². The third-order valence-corrected chi connectivity index (χ3v) is 5.15. The van der Waals surface area contributed by atoms with Crippen molar-refractivity contribution in [2.45, 2.75) is 20.5 Å². The molecule has 0 atom stereocenters. The number of carboxylic acids is 1. The number of rotatable bonds is 4. The molecular weight excluding hydrogens is 288 g/mol. The number of aromatic nitrogens is 2. The van der Waals surface area contributed by atoms with Gasteiger partial charge in [-0.05, 0) is 25.3 Å². The maximum absolute atomic E-state index is 11.2. The molecule has 0 aliphatic rings. The van der Waals surface area contributed by atoms with Gasteiger partial charge in [0.1, 0.15) is 0 Å². The van der Waals surface area contributed by atoms with Crippen LogP contribution in [0.3, 0.4) is 0 Å². The highest BCUT2D eigenvalue weighted by molar-refractivity contribution is 8.03. The summed E-state index contributed by atoms with van der Waals surface area (Å²) >= 11 is 4.33. The number of hydrogen-bond donors (Lipinski definition) is 1. The van der Waals surface area contributed by atoms with E-state index in [1.165, 1.54) is 34.9 Å². The Balaban J connectivity index is 2.30. The average molecular weight is 298 g/mol. The molecule has 1 heterocycles. The fraction of sp³-hybridized carbons (Fsp3) is 0.182. The van der Waals surface area contributed by atoms with Crippen molar-refractivity contribution in [1.82, 2.24) is 10.2 Å². The third kappa shape index (κ3) is 3.04. The monoisotopic (exact) mass is 298 g/mol. The second kappa shape index (κ2) is 5.73. The van der Waals surface area contributed by atoms with Gasteiger partial charge in [-0.25, -0.2) is 4.79 Å². The normalized spacial score (nSPS) is 10.6. The summed E-state index contributed by atoms with van der Waals surface area (Å²) in [7, 11) is 0. The summed E-state index contributed by atoms with van der Waals surface area (Å²) in [4.78, 5) is 11.9. The Kier molecular flexibility index (Phi) is 4.26. The Hall–Kier alpha value is -1.05. The summed E-state index contributed by atoms with van der Waals surface area (Å²) in [6.45, 7) is 1.87. The van der Waals surface area contributed by atoms with Crippen LogP contribution in [0.2, 0.25) is 0 Å². The summed E-state index contributed by atoms with van der Waals surface area (Å²) in [5, 5.41) is 17.2. The van der Waals surface area contributed by atoms with E-state index in [1.807, 2.05) is 25.3 Å². The zero-order chi connectivity index (χ0) is 13.1. The fourth-order valence-corrected chi connectivity index (χ4v) is 3.81. The number of carboxylic acid groups (broad SMARTS) is 1. The molecule has 0 amide bonds. The first-order valence-corrected chi connectivity index (χ1v) is 7.85. The second-order valence-electron chi connectivity index (χ2n) is 3.44. The number of aryl methyl sites for hydroxylation is 1. The first-order chi connectivity index (χ1) is 8.60. The van der Waals surface area contributed by atoms with Crippen LogP contribution < -0.4 is 0 Å². The van der Waals surface area contributed by atoms with Crippen LogP contribution in [0.1, 0.15) is 15.9 Å². The molecule has 1 aromatic carbocycles. The first-order valence-electron chi connectivity index (χ1n) is 4.99. The van der Waals surface area contributed by atoms with Crippen LogP contribution in [0.5, 0.6) is 0 Å². The molecule has 94 valence electrons. The highest BCUT2D eigenvalue weighted by atomic mass is 32.2. The molecule has 0 saturated heterocycles. The Morgan fingerprint density at radius 3 is 2.67 bits per heavy atom. The van der Waals surface area contributed by atoms with E-state index in [9.17, 15) is 4.79 Å². The molecule has 0 unspecified atom stereocenters. The molecule has 7 heteroatoms. The SMILES string of the molecule is CSc1nnc(Sc2ccc(C)cc2C(=O)O)s1. The maximum atomic E-state index is 11.2. The summed E-state index contributed by atoms with van der Waals surface area (Å²) in [5.41, 5.74) is 1.24. The van der Waals surface area contributed by atoms with Gasteiger partial charge in [-0.3, -0.25) is 0 Å². The fourth-order valence-electron chi connectivity index (χ4n) is 1.31. The van der Waals surface area contributed by atoms with Gasteiger partial charge in [0.25, 0.3) is 0 Å². The Morgan fingerprint density at radius 1 is 1.33 bits per heavy atom. The van der Waals surface area contributed by atoms with E-state index in [2.05, 4.69) is 10.2 Å².